The Morgan fingerprint density at radius 3 is 2.04 bits per heavy atom. The molecule has 0 aliphatic heterocycles. The first-order valence-electron chi connectivity index (χ1n) is 9.42. The molecule has 0 aromatic carbocycles. The van der Waals surface area contributed by atoms with Gasteiger partial charge in [0.15, 0.2) is 0 Å². The molecule has 8 nitrogen and oxygen atoms in total. The summed E-state index contributed by atoms with van der Waals surface area (Å²) in [6.07, 6.45) is -0.0392. The maximum Gasteiger partial charge on any atom is 0.306 e. The zero-order valence-corrected chi connectivity index (χ0v) is 18.0. The minimum Gasteiger partial charge on any atom is -0.481 e. The fraction of sp³-hybridized carbons (Fsp3) is 0.842. The van der Waals surface area contributed by atoms with Crippen LogP contribution < -0.4 is 5.32 Å². The van der Waals surface area contributed by atoms with Crippen molar-refractivity contribution in [1.29, 1.82) is 0 Å². The van der Waals surface area contributed by atoms with E-state index in [2.05, 4.69) is 5.32 Å². The zero-order valence-electron chi connectivity index (χ0n) is 18.0. The van der Waals surface area contributed by atoms with Gasteiger partial charge >= 0.3 is 5.97 Å². The summed E-state index contributed by atoms with van der Waals surface area (Å²) in [6, 6.07) is -0.720. The number of nitrogens with zero attached hydrogens (tertiary/aromatic N) is 2. The highest BCUT2D eigenvalue weighted by molar-refractivity contribution is 5.87. The summed E-state index contributed by atoms with van der Waals surface area (Å²) in [5.41, 5.74) is 0. The largest absolute Gasteiger partial charge is 0.481 e. The second-order valence-corrected chi connectivity index (χ2v) is 7.62. The topological polar surface area (TPSA) is 99.2 Å². The lowest BCUT2D eigenvalue weighted by Gasteiger charge is -2.37. The third kappa shape index (κ3) is 7.84. The van der Waals surface area contributed by atoms with Gasteiger partial charge in [-0.15, -0.1) is 0 Å². The molecule has 0 bridgehead atoms. The third-order valence-electron chi connectivity index (χ3n) is 5.00. The van der Waals surface area contributed by atoms with Crippen LogP contribution in [-0.2, 0) is 19.1 Å². The minimum atomic E-state index is -0.977. The number of methoxy groups -OCH3 is 1. The van der Waals surface area contributed by atoms with Gasteiger partial charge in [0.05, 0.1) is 31.2 Å². The highest BCUT2D eigenvalue weighted by Gasteiger charge is 2.34. The average Bonchev–Trinajstić information content (AvgIpc) is 2.57. The van der Waals surface area contributed by atoms with Gasteiger partial charge in [-0.25, -0.2) is 0 Å². The van der Waals surface area contributed by atoms with Crippen molar-refractivity contribution in [3.8, 4) is 0 Å². The van der Waals surface area contributed by atoms with E-state index in [0.29, 0.717) is 0 Å². The highest BCUT2D eigenvalue weighted by Crippen LogP contribution is 2.21. The predicted octanol–water partition coefficient (Wildman–Crippen LogP) is 1.05. The van der Waals surface area contributed by atoms with Crippen molar-refractivity contribution in [1.82, 2.24) is 15.1 Å². The van der Waals surface area contributed by atoms with Gasteiger partial charge in [0.25, 0.3) is 0 Å². The number of hydrogen-bond acceptors (Lipinski definition) is 5. The summed E-state index contributed by atoms with van der Waals surface area (Å²) in [5, 5.41) is 11.8. The highest BCUT2D eigenvalue weighted by atomic mass is 16.5. The molecular weight excluding hydrogens is 350 g/mol. The predicted molar refractivity (Wildman–Crippen MR) is 104 cm³/mol. The number of carbonyl (C=O) groups excluding carboxylic acids is 2. The third-order valence-corrected chi connectivity index (χ3v) is 5.00. The molecule has 0 unspecified atom stereocenters. The molecule has 0 rings (SSSR count). The van der Waals surface area contributed by atoms with Gasteiger partial charge in [0.1, 0.15) is 0 Å². The Morgan fingerprint density at radius 1 is 1.11 bits per heavy atom. The Kier molecular flexibility index (Phi) is 11.2. The molecule has 4 atom stereocenters. The Bertz CT molecular complexity index is 488. The number of carboxylic acid groups (broad SMARTS) is 1. The van der Waals surface area contributed by atoms with Crippen molar-refractivity contribution in [2.24, 2.45) is 11.8 Å². The van der Waals surface area contributed by atoms with Crippen LogP contribution in [0.4, 0.5) is 0 Å². The van der Waals surface area contributed by atoms with Gasteiger partial charge in [0.2, 0.25) is 11.8 Å². The van der Waals surface area contributed by atoms with E-state index in [4.69, 9.17) is 9.84 Å². The molecule has 0 spiro atoms. The lowest BCUT2D eigenvalue weighted by molar-refractivity contribution is -0.145. The maximum absolute atomic E-state index is 12.7. The number of hydrogen-bond donors (Lipinski definition) is 2. The molecule has 2 amide bonds. The number of aliphatic carboxylic acids is 1. The smallest absolute Gasteiger partial charge is 0.306 e. The molecule has 0 radical (unpaired) electrons. The molecule has 0 aromatic heterocycles. The molecule has 0 aliphatic rings. The van der Waals surface area contributed by atoms with Crippen LogP contribution in [0.1, 0.15) is 40.5 Å². The van der Waals surface area contributed by atoms with Gasteiger partial charge in [0, 0.05) is 14.2 Å². The molecule has 8 heteroatoms. The number of nitrogens with one attached hydrogen (secondary N) is 1. The lowest BCUT2D eigenvalue weighted by Crippen LogP contribution is -2.54. The normalized spacial score (nSPS) is 15.9. The van der Waals surface area contributed by atoms with Crippen molar-refractivity contribution >= 4 is 17.8 Å². The van der Waals surface area contributed by atoms with E-state index in [1.54, 1.807) is 7.05 Å². The van der Waals surface area contributed by atoms with Crippen molar-refractivity contribution in [2.75, 3.05) is 34.8 Å². The van der Waals surface area contributed by atoms with Gasteiger partial charge in [-0.05, 0) is 25.9 Å². The standard InChI is InChI=1S/C19H37N3O5/c1-9-13(4)18(14(27-8)10-16(24)25)22(7)15(23)11-20-19(26)17(12(2)3)21(5)6/h12-14,17-18H,9-11H2,1-8H3,(H,20,26)(H,24,25)/t13-,14+,17-,18-/m0/s1. The number of carbonyl (C=O) groups is 3. The van der Waals surface area contributed by atoms with Gasteiger partial charge < -0.3 is 20.1 Å². The zero-order chi connectivity index (χ0) is 21.3. The number of amides is 2. The summed E-state index contributed by atoms with van der Waals surface area (Å²) in [7, 11) is 6.73. The average molecular weight is 388 g/mol. The molecule has 0 heterocycles. The summed E-state index contributed by atoms with van der Waals surface area (Å²) in [6.45, 7) is 7.71. The SMILES string of the molecule is CC[C@H](C)[C@@H]([C@@H](CC(=O)O)OC)N(C)C(=O)CNC(=O)[C@H](C(C)C)N(C)C. The molecule has 2 N–H and O–H groups in total. The van der Waals surface area contributed by atoms with Crippen LogP contribution in [0.5, 0.6) is 0 Å². The van der Waals surface area contributed by atoms with Crippen molar-refractivity contribution in [3.05, 3.63) is 0 Å². The first kappa shape index (κ1) is 25.3. The first-order chi connectivity index (χ1) is 12.5. The van der Waals surface area contributed by atoms with E-state index in [-0.39, 0.29) is 42.7 Å². The second kappa shape index (κ2) is 11.9. The lowest BCUT2D eigenvalue weighted by atomic mass is 9.91. The quantitative estimate of drug-likeness (QED) is 0.519. The molecule has 0 fully saturated rings. The molecule has 0 aliphatic carbocycles. The fourth-order valence-electron chi connectivity index (χ4n) is 3.45. The summed E-state index contributed by atoms with van der Waals surface area (Å²) >= 11 is 0. The Balaban J connectivity index is 5.17. The van der Waals surface area contributed by atoms with Crippen LogP contribution in [0.2, 0.25) is 0 Å². The Hall–Kier alpha value is -1.67. The van der Waals surface area contributed by atoms with Crippen LogP contribution >= 0.6 is 0 Å². The summed E-state index contributed by atoms with van der Waals surface area (Å²) < 4.78 is 5.38. The molecule has 158 valence electrons. The molecule has 27 heavy (non-hydrogen) atoms. The van der Waals surface area contributed by atoms with E-state index in [0.717, 1.165) is 6.42 Å². The Labute approximate surface area is 163 Å². The van der Waals surface area contributed by atoms with Crippen LogP contribution in [0.3, 0.4) is 0 Å². The number of ether oxygens (including phenoxy) is 1. The molecule has 0 saturated heterocycles. The van der Waals surface area contributed by atoms with Crippen molar-refractivity contribution < 1.29 is 24.2 Å². The van der Waals surface area contributed by atoms with Gasteiger partial charge in [-0.1, -0.05) is 34.1 Å². The fourth-order valence-corrected chi connectivity index (χ4v) is 3.45. The molecule has 0 saturated carbocycles. The van der Waals surface area contributed by atoms with Crippen LogP contribution in [-0.4, -0.2) is 85.7 Å². The van der Waals surface area contributed by atoms with Crippen LogP contribution in [0.15, 0.2) is 0 Å². The monoisotopic (exact) mass is 387 g/mol. The van der Waals surface area contributed by atoms with Crippen molar-refractivity contribution in [2.45, 2.75) is 58.7 Å². The molecular formula is C19H37N3O5. The summed E-state index contributed by atoms with van der Waals surface area (Å²) in [4.78, 5) is 39.6. The van der Waals surface area contributed by atoms with Crippen LogP contribution in [0.25, 0.3) is 0 Å². The van der Waals surface area contributed by atoms with Gasteiger partial charge in [-0.2, -0.15) is 0 Å². The van der Waals surface area contributed by atoms with Gasteiger partial charge in [-0.3, -0.25) is 19.3 Å². The van der Waals surface area contributed by atoms with E-state index in [9.17, 15) is 14.4 Å². The summed E-state index contributed by atoms with van der Waals surface area (Å²) in [5.74, 6) is -1.30. The number of rotatable bonds is 12. The van der Waals surface area contributed by atoms with E-state index >= 15 is 0 Å². The molecule has 0 aromatic rings. The minimum absolute atomic E-state index is 0.0455. The van der Waals surface area contributed by atoms with Crippen molar-refractivity contribution in [3.63, 3.8) is 0 Å². The van der Waals surface area contributed by atoms with E-state index in [1.807, 2.05) is 46.7 Å². The van der Waals surface area contributed by atoms with E-state index < -0.39 is 18.1 Å². The number of likely N-dealkylation sites (N-methyl/N-ethyl adjacent to an activating group) is 2. The maximum atomic E-state index is 12.7. The van der Waals surface area contributed by atoms with Crippen LogP contribution in [0, 0.1) is 11.8 Å². The second-order valence-electron chi connectivity index (χ2n) is 7.62. The first-order valence-corrected chi connectivity index (χ1v) is 9.42. The Morgan fingerprint density at radius 2 is 1.67 bits per heavy atom. The number of carboxylic acids is 1. The van der Waals surface area contributed by atoms with E-state index in [1.165, 1.54) is 12.0 Å².